The van der Waals surface area contributed by atoms with E-state index in [2.05, 4.69) is 11.9 Å². The third-order valence-electron chi connectivity index (χ3n) is 5.31. The number of aromatic nitrogens is 2. The largest absolute Gasteiger partial charge is 0.472 e. The summed E-state index contributed by atoms with van der Waals surface area (Å²) in [6.07, 6.45) is 4.72. The molecule has 1 atom stereocenters. The van der Waals surface area contributed by atoms with Crippen LogP contribution >= 0.6 is 11.3 Å². The maximum absolute atomic E-state index is 12.7. The SMILES string of the molecule is CCc1nc2c(c(OC3CCCN(C(=O)Cc4cccs4)C3)n1)CCOCC2. The monoisotopic (exact) mass is 401 g/mol. The van der Waals surface area contributed by atoms with E-state index in [-0.39, 0.29) is 12.0 Å². The van der Waals surface area contributed by atoms with Gasteiger partial charge in [0, 0.05) is 36.2 Å². The number of likely N-dealkylation sites (tertiary alicyclic amines) is 1. The summed E-state index contributed by atoms with van der Waals surface area (Å²) in [6, 6.07) is 4.01. The molecule has 1 saturated heterocycles. The highest BCUT2D eigenvalue weighted by atomic mass is 32.1. The third-order valence-corrected chi connectivity index (χ3v) is 6.19. The Morgan fingerprint density at radius 1 is 1.36 bits per heavy atom. The molecule has 7 heteroatoms. The Kier molecular flexibility index (Phi) is 6.22. The molecular weight excluding hydrogens is 374 g/mol. The lowest BCUT2D eigenvalue weighted by Crippen LogP contribution is -2.45. The molecule has 28 heavy (non-hydrogen) atoms. The lowest BCUT2D eigenvalue weighted by Gasteiger charge is -2.33. The number of fused-ring (bicyclic) bond motifs is 1. The zero-order chi connectivity index (χ0) is 19.3. The number of rotatable bonds is 5. The lowest BCUT2D eigenvalue weighted by atomic mass is 10.1. The molecule has 0 bridgehead atoms. The Morgan fingerprint density at radius 3 is 3.07 bits per heavy atom. The molecule has 4 rings (SSSR count). The first-order chi connectivity index (χ1) is 13.7. The number of piperidine rings is 1. The van der Waals surface area contributed by atoms with E-state index in [4.69, 9.17) is 14.5 Å². The molecule has 2 aromatic rings. The minimum Gasteiger partial charge on any atom is -0.472 e. The van der Waals surface area contributed by atoms with Gasteiger partial charge in [-0.3, -0.25) is 4.79 Å². The minimum atomic E-state index is -0.0195. The highest BCUT2D eigenvalue weighted by molar-refractivity contribution is 7.10. The first kappa shape index (κ1) is 19.3. The van der Waals surface area contributed by atoms with Crippen LogP contribution in [0.2, 0.25) is 0 Å². The highest BCUT2D eigenvalue weighted by Crippen LogP contribution is 2.26. The van der Waals surface area contributed by atoms with E-state index < -0.39 is 0 Å². The maximum atomic E-state index is 12.7. The van der Waals surface area contributed by atoms with Crippen LogP contribution < -0.4 is 4.74 Å². The van der Waals surface area contributed by atoms with Gasteiger partial charge in [0.05, 0.1) is 31.9 Å². The van der Waals surface area contributed by atoms with Crippen molar-refractivity contribution in [2.75, 3.05) is 26.3 Å². The number of amides is 1. The van der Waals surface area contributed by atoms with Gasteiger partial charge in [0.15, 0.2) is 0 Å². The average Bonchev–Trinajstić information content (AvgIpc) is 3.10. The molecule has 0 radical (unpaired) electrons. The number of hydrogen-bond donors (Lipinski definition) is 0. The van der Waals surface area contributed by atoms with Crippen LogP contribution in [0.15, 0.2) is 17.5 Å². The average molecular weight is 402 g/mol. The van der Waals surface area contributed by atoms with E-state index >= 15 is 0 Å². The summed E-state index contributed by atoms with van der Waals surface area (Å²) in [7, 11) is 0. The Bertz CT molecular complexity index is 809. The van der Waals surface area contributed by atoms with Gasteiger partial charge in [0.2, 0.25) is 11.8 Å². The van der Waals surface area contributed by atoms with Gasteiger partial charge < -0.3 is 14.4 Å². The summed E-state index contributed by atoms with van der Waals surface area (Å²) in [4.78, 5) is 25.1. The van der Waals surface area contributed by atoms with Gasteiger partial charge in [-0.05, 0) is 24.3 Å². The van der Waals surface area contributed by atoms with Crippen molar-refractivity contribution in [2.24, 2.45) is 0 Å². The molecule has 0 saturated carbocycles. The molecule has 2 aromatic heterocycles. The van der Waals surface area contributed by atoms with E-state index in [0.29, 0.717) is 32.1 Å². The summed E-state index contributed by atoms with van der Waals surface area (Å²) < 4.78 is 12.0. The number of thiophene rings is 1. The summed E-state index contributed by atoms with van der Waals surface area (Å²) in [5, 5.41) is 2.01. The van der Waals surface area contributed by atoms with Crippen molar-refractivity contribution in [1.29, 1.82) is 0 Å². The van der Waals surface area contributed by atoms with Crippen LogP contribution in [-0.2, 0) is 35.2 Å². The lowest BCUT2D eigenvalue weighted by molar-refractivity contribution is -0.133. The molecule has 6 nitrogen and oxygen atoms in total. The number of carbonyl (C=O) groups is 1. The zero-order valence-electron chi connectivity index (χ0n) is 16.4. The van der Waals surface area contributed by atoms with Crippen molar-refractivity contribution < 1.29 is 14.3 Å². The van der Waals surface area contributed by atoms with Gasteiger partial charge in [0.25, 0.3) is 0 Å². The quantitative estimate of drug-likeness (QED) is 0.771. The minimum absolute atomic E-state index is 0.0195. The number of ether oxygens (including phenoxy) is 2. The Balaban J connectivity index is 1.47. The van der Waals surface area contributed by atoms with Crippen LogP contribution in [0, 0.1) is 0 Å². The molecule has 4 heterocycles. The fraction of sp³-hybridized carbons (Fsp3) is 0.571. The van der Waals surface area contributed by atoms with Crippen LogP contribution in [-0.4, -0.2) is 53.2 Å². The zero-order valence-corrected chi connectivity index (χ0v) is 17.2. The molecule has 2 aliphatic heterocycles. The number of nitrogens with zero attached hydrogens (tertiary/aromatic N) is 3. The second kappa shape index (κ2) is 9.01. The van der Waals surface area contributed by atoms with Crippen molar-refractivity contribution in [3.05, 3.63) is 39.5 Å². The van der Waals surface area contributed by atoms with E-state index in [1.807, 2.05) is 22.4 Å². The fourth-order valence-electron chi connectivity index (χ4n) is 3.81. The van der Waals surface area contributed by atoms with Gasteiger partial charge in [0.1, 0.15) is 11.9 Å². The molecule has 1 fully saturated rings. The number of carbonyl (C=O) groups excluding carboxylic acids is 1. The van der Waals surface area contributed by atoms with Crippen LogP contribution in [0.25, 0.3) is 0 Å². The molecular formula is C21H27N3O3S. The van der Waals surface area contributed by atoms with Crippen LogP contribution in [0.4, 0.5) is 0 Å². The summed E-state index contributed by atoms with van der Waals surface area (Å²) in [5.74, 6) is 1.70. The molecule has 0 N–H and O–H groups in total. The Morgan fingerprint density at radius 2 is 2.25 bits per heavy atom. The highest BCUT2D eigenvalue weighted by Gasteiger charge is 2.27. The van der Waals surface area contributed by atoms with Crippen LogP contribution in [0.1, 0.15) is 41.7 Å². The predicted octanol–water partition coefficient (Wildman–Crippen LogP) is 2.83. The standard InChI is InChI=1S/C21H27N3O3S/c1-2-19-22-18-8-11-26-10-7-17(18)21(23-19)27-15-5-3-9-24(14-15)20(25)13-16-6-4-12-28-16/h4,6,12,15H,2-3,5,7-11,13-14H2,1H3. The van der Waals surface area contributed by atoms with Gasteiger partial charge in [-0.15, -0.1) is 11.3 Å². The van der Waals surface area contributed by atoms with Gasteiger partial charge >= 0.3 is 0 Å². The van der Waals surface area contributed by atoms with Gasteiger partial charge in [-0.2, -0.15) is 4.98 Å². The van der Waals surface area contributed by atoms with E-state index in [9.17, 15) is 4.79 Å². The molecule has 1 unspecified atom stereocenters. The number of aryl methyl sites for hydroxylation is 1. The summed E-state index contributed by atoms with van der Waals surface area (Å²) in [6.45, 7) is 4.86. The molecule has 0 spiro atoms. The maximum Gasteiger partial charge on any atom is 0.227 e. The van der Waals surface area contributed by atoms with Gasteiger partial charge in [-0.1, -0.05) is 13.0 Å². The van der Waals surface area contributed by atoms with E-state index in [1.165, 1.54) is 0 Å². The van der Waals surface area contributed by atoms with E-state index in [0.717, 1.165) is 60.6 Å². The van der Waals surface area contributed by atoms with Crippen molar-refractivity contribution in [1.82, 2.24) is 14.9 Å². The van der Waals surface area contributed by atoms with Crippen molar-refractivity contribution in [3.8, 4) is 5.88 Å². The molecule has 1 amide bonds. The van der Waals surface area contributed by atoms with Crippen molar-refractivity contribution >= 4 is 17.2 Å². The first-order valence-corrected chi connectivity index (χ1v) is 11.0. The Hall–Kier alpha value is -1.99. The molecule has 0 aliphatic carbocycles. The second-order valence-corrected chi connectivity index (χ2v) is 8.35. The normalized spacial score (nSPS) is 19.8. The predicted molar refractivity (Wildman–Crippen MR) is 108 cm³/mol. The Labute approximate surface area is 169 Å². The molecule has 150 valence electrons. The first-order valence-electron chi connectivity index (χ1n) is 10.2. The third kappa shape index (κ3) is 4.52. The van der Waals surface area contributed by atoms with Crippen molar-refractivity contribution in [3.63, 3.8) is 0 Å². The van der Waals surface area contributed by atoms with Gasteiger partial charge in [-0.25, -0.2) is 4.98 Å². The topological polar surface area (TPSA) is 64.5 Å². The molecule has 2 aliphatic rings. The van der Waals surface area contributed by atoms with Crippen LogP contribution in [0.5, 0.6) is 5.88 Å². The summed E-state index contributed by atoms with van der Waals surface area (Å²) in [5.41, 5.74) is 2.14. The second-order valence-electron chi connectivity index (χ2n) is 7.31. The smallest absolute Gasteiger partial charge is 0.227 e. The van der Waals surface area contributed by atoms with Crippen LogP contribution in [0.3, 0.4) is 0 Å². The summed E-state index contributed by atoms with van der Waals surface area (Å²) >= 11 is 1.63. The van der Waals surface area contributed by atoms with Crippen molar-refractivity contribution in [2.45, 2.75) is 51.6 Å². The van der Waals surface area contributed by atoms with E-state index in [1.54, 1.807) is 11.3 Å². The number of hydrogen-bond acceptors (Lipinski definition) is 6. The fourth-order valence-corrected chi connectivity index (χ4v) is 4.50. The molecule has 0 aromatic carbocycles.